The van der Waals surface area contributed by atoms with Crippen LogP contribution in [0.2, 0.25) is 0 Å². The van der Waals surface area contributed by atoms with Gasteiger partial charge in [0.1, 0.15) is 5.75 Å². The second-order valence-electron chi connectivity index (χ2n) is 7.08. The largest absolute Gasteiger partial charge is 0.494 e. The topological polar surface area (TPSA) is 64.6 Å². The minimum absolute atomic E-state index is 0.425. The van der Waals surface area contributed by atoms with Crippen molar-refractivity contribution in [3.63, 3.8) is 0 Å². The summed E-state index contributed by atoms with van der Waals surface area (Å²) in [6.07, 6.45) is 4.55. The van der Waals surface area contributed by atoms with E-state index in [0.717, 1.165) is 47.1 Å². The van der Waals surface area contributed by atoms with E-state index in [4.69, 9.17) is 9.47 Å². The van der Waals surface area contributed by atoms with Gasteiger partial charge in [0.25, 0.3) is 5.91 Å². The Balaban J connectivity index is 0.000000547. The van der Waals surface area contributed by atoms with Crippen molar-refractivity contribution in [2.75, 3.05) is 19.8 Å². The molecule has 1 aromatic heterocycles. The molecule has 5 nitrogen and oxygen atoms in total. The van der Waals surface area contributed by atoms with E-state index in [-0.39, 0.29) is 0 Å². The number of carbonyl (C=O) groups is 2. The molecule has 0 unspecified atom stereocenters. The third-order valence-electron chi connectivity index (χ3n) is 4.23. The first-order chi connectivity index (χ1) is 15.5. The quantitative estimate of drug-likeness (QED) is 0.351. The fourth-order valence-electron chi connectivity index (χ4n) is 2.59. The second kappa shape index (κ2) is 16.1. The number of benzene rings is 1. The monoisotopic (exact) mass is 457 g/mol. The Bertz CT molecular complexity index is 885. The number of unbranched alkanes of at least 4 members (excludes halogenated alkanes) is 1. The van der Waals surface area contributed by atoms with Crippen LogP contribution in [0, 0.1) is 18.8 Å². The molecule has 0 saturated heterocycles. The van der Waals surface area contributed by atoms with Crippen LogP contribution in [0.5, 0.6) is 5.75 Å². The fourth-order valence-corrected chi connectivity index (χ4v) is 3.62. The Hall–Kier alpha value is -2.62. The van der Waals surface area contributed by atoms with E-state index in [0.29, 0.717) is 12.2 Å². The average molecular weight is 458 g/mol. The number of imide groups is 1. The molecule has 1 aromatic carbocycles. The first-order valence-corrected chi connectivity index (χ1v) is 12.0. The molecule has 6 heteroatoms. The highest BCUT2D eigenvalue weighted by Gasteiger charge is 2.16. The third kappa shape index (κ3) is 10.1. The number of rotatable bonds is 10. The average Bonchev–Trinajstić information content (AvgIpc) is 3.18. The molecule has 0 saturated carbocycles. The first-order valence-electron chi connectivity index (χ1n) is 11.2. The molecular formula is C26H35NO4S. The molecule has 2 aromatic rings. The van der Waals surface area contributed by atoms with Crippen LogP contribution in [0.3, 0.4) is 0 Å². The lowest BCUT2D eigenvalue weighted by Crippen LogP contribution is -2.29. The molecule has 0 atom stereocenters. The zero-order valence-corrected chi connectivity index (χ0v) is 20.7. The predicted octanol–water partition coefficient (Wildman–Crippen LogP) is 6.01. The molecule has 0 radical (unpaired) electrons. The molecule has 2 amide bonds. The van der Waals surface area contributed by atoms with Crippen molar-refractivity contribution in [3.05, 3.63) is 40.8 Å². The normalized spacial score (nSPS) is 9.78. The summed E-state index contributed by atoms with van der Waals surface area (Å²) >= 11 is 1.51. The lowest BCUT2D eigenvalue weighted by molar-refractivity contribution is -0.114. The Labute approximate surface area is 196 Å². The van der Waals surface area contributed by atoms with Crippen molar-refractivity contribution >= 4 is 23.2 Å². The Morgan fingerprint density at radius 2 is 1.69 bits per heavy atom. The molecule has 174 valence electrons. The molecule has 0 spiro atoms. The molecule has 0 aliphatic carbocycles. The summed E-state index contributed by atoms with van der Waals surface area (Å²) in [7, 11) is 0. The smallest absolute Gasteiger partial charge is 0.302 e. The van der Waals surface area contributed by atoms with Crippen LogP contribution in [0.15, 0.2) is 30.3 Å². The predicted molar refractivity (Wildman–Crippen MR) is 132 cm³/mol. The molecule has 0 fully saturated rings. The highest BCUT2D eigenvalue weighted by Crippen LogP contribution is 2.32. The van der Waals surface area contributed by atoms with Crippen molar-refractivity contribution in [2.45, 2.75) is 60.3 Å². The number of aryl methyl sites for hydroxylation is 1. The van der Waals surface area contributed by atoms with E-state index in [2.05, 4.69) is 37.9 Å². The molecule has 0 aliphatic rings. The number of nitrogens with one attached hydrogen (secondary N) is 1. The van der Waals surface area contributed by atoms with Gasteiger partial charge in [0.2, 0.25) is 0 Å². The van der Waals surface area contributed by atoms with Crippen LogP contribution in [-0.2, 0) is 9.53 Å². The standard InChI is InChI=1S/C19H19NO3S.C7H16O/c1-4-6-18(21)20-19(22)16-12-17(24-13(16)3)14-7-9-15(10-8-14)23-11-5-2;1-3-5-7-8-6-4-2/h7-10,12H,5,11H2,1-3H3,(H,20,21,22);3-7H2,1-2H3. The summed E-state index contributed by atoms with van der Waals surface area (Å²) in [5.74, 6) is 4.58. The number of amides is 2. The number of carbonyl (C=O) groups excluding carboxylic acids is 2. The van der Waals surface area contributed by atoms with Crippen molar-refractivity contribution in [2.24, 2.45) is 0 Å². The lowest BCUT2D eigenvalue weighted by Gasteiger charge is -2.04. The van der Waals surface area contributed by atoms with Gasteiger partial charge in [0, 0.05) is 23.0 Å². The first kappa shape index (κ1) is 27.4. The van der Waals surface area contributed by atoms with Crippen LogP contribution < -0.4 is 10.1 Å². The van der Waals surface area contributed by atoms with Gasteiger partial charge in [-0.3, -0.25) is 14.9 Å². The molecule has 0 aliphatic heterocycles. The van der Waals surface area contributed by atoms with E-state index in [1.54, 1.807) is 13.0 Å². The number of hydrogen-bond acceptors (Lipinski definition) is 5. The van der Waals surface area contributed by atoms with E-state index in [1.165, 1.54) is 24.2 Å². The number of ether oxygens (including phenoxy) is 2. The summed E-state index contributed by atoms with van der Waals surface area (Å²) in [5.41, 5.74) is 1.50. The minimum Gasteiger partial charge on any atom is -0.494 e. The number of hydrogen-bond donors (Lipinski definition) is 1. The maximum Gasteiger partial charge on any atom is 0.302 e. The Kier molecular flexibility index (Phi) is 13.8. The SMILES string of the molecule is CC#CC(=O)NC(=O)c1cc(-c2ccc(OCCC)cc2)sc1C.CCCCOCCC. The van der Waals surface area contributed by atoms with Crippen LogP contribution in [0.4, 0.5) is 0 Å². The van der Waals surface area contributed by atoms with Gasteiger partial charge in [-0.2, -0.15) is 0 Å². The molecule has 2 rings (SSSR count). The van der Waals surface area contributed by atoms with Gasteiger partial charge in [-0.15, -0.1) is 11.3 Å². The van der Waals surface area contributed by atoms with Gasteiger partial charge in [-0.1, -0.05) is 33.1 Å². The number of thiophene rings is 1. The van der Waals surface area contributed by atoms with Gasteiger partial charge in [-0.05, 0) is 74.9 Å². The van der Waals surface area contributed by atoms with Gasteiger partial charge in [-0.25, -0.2) is 0 Å². The second-order valence-corrected chi connectivity index (χ2v) is 8.33. The maximum atomic E-state index is 12.2. The van der Waals surface area contributed by atoms with Crippen molar-refractivity contribution in [1.29, 1.82) is 0 Å². The molecule has 1 heterocycles. The minimum atomic E-state index is -0.591. The van der Waals surface area contributed by atoms with Crippen LogP contribution in [0.25, 0.3) is 10.4 Å². The zero-order chi connectivity index (χ0) is 23.8. The fraction of sp³-hybridized carbons (Fsp3) is 0.462. The summed E-state index contributed by atoms with van der Waals surface area (Å²) in [4.78, 5) is 25.4. The van der Waals surface area contributed by atoms with E-state index >= 15 is 0 Å². The summed E-state index contributed by atoms with van der Waals surface area (Å²) in [6.45, 7) is 12.3. The third-order valence-corrected chi connectivity index (χ3v) is 5.33. The molecular weight excluding hydrogens is 422 g/mol. The molecule has 32 heavy (non-hydrogen) atoms. The highest BCUT2D eigenvalue weighted by atomic mass is 32.1. The van der Waals surface area contributed by atoms with Gasteiger partial charge in [0.05, 0.1) is 12.2 Å². The Morgan fingerprint density at radius 3 is 2.28 bits per heavy atom. The van der Waals surface area contributed by atoms with Gasteiger partial charge < -0.3 is 9.47 Å². The lowest BCUT2D eigenvalue weighted by atomic mass is 10.1. The summed E-state index contributed by atoms with van der Waals surface area (Å²) in [6, 6.07) is 9.56. The maximum absolute atomic E-state index is 12.2. The highest BCUT2D eigenvalue weighted by molar-refractivity contribution is 7.15. The van der Waals surface area contributed by atoms with Crippen molar-refractivity contribution in [3.8, 4) is 28.0 Å². The van der Waals surface area contributed by atoms with E-state index in [1.807, 2.05) is 31.2 Å². The zero-order valence-electron chi connectivity index (χ0n) is 19.9. The van der Waals surface area contributed by atoms with Crippen LogP contribution in [-0.4, -0.2) is 31.6 Å². The van der Waals surface area contributed by atoms with E-state index < -0.39 is 11.8 Å². The molecule has 1 N–H and O–H groups in total. The van der Waals surface area contributed by atoms with Crippen LogP contribution in [0.1, 0.15) is 68.6 Å². The van der Waals surface area contributed by atoms with Crippen LogP contribution >= 0.6 is 11.3 Å². The van der Waals surface area contributed by atoms with Crippen molar-refractivity contribution in [1.82, 2.24) is 5.32 Å². The van der Waals surface area contributed by atoms with Gasteiger partial charge in [0.15, 0.2) is 0 Å². The Morgan fingerprint density at radius 1 is 1.00 bits per heavy atom. The van der Waals surface area contributed by atoms with Crippen molar-refractivity contribution < 1.29 is 19.1 Å². The molecule has 0 bridgehead atoms. The van der Waals surface area contributed by atoms with E-state index in [9.17, 15) is 9.59 Å². The van der Waals surface area contributed by atoms with Gasteiger partial charge >= 0.3 is 5.91 Å². The summed E-state index contributed by atoms with van der Waals surface area (Å²) < 4.78 is 10.8. The summed E-state index contributed by atoms with van der Waals surface area (Å²) in [5, 5.41) is 2.27.